The Balaban J connectivity index is 1.83. The summed E-state index contributed by atoms with van der Waals surface area (Å²) in [5, 5.41) is 12.4. The molecule has 3 aromatic rings. The van der Waals surface area contributed by atoms with Crippen LogP contribution in [0.1, 0.15) is 19.0 Å². The first-order valence-electron chi connectivity index (χ1n) is 9.17. The lowest BCUT2D eigenvalue weighted by Gasteiger charge is -2.12. The van der Waals surface area contributed by atoms with E-state index < -0.39 is 21.2 Å². The van der Waals surface area contributed by atoms with E-state index in [1.54, 1.807) is 17.8 Å². The number of carbonyl (C=O) groups is 1. The Morgan fingerprint density at radius 2 is 2.10 bits per heavy atom. The molecule has 29 heavy (non-hydrogen) atoms. The van der Waals surface area contributed by atoms with Crippen LogP contribution in [0.5, 0.6) is 0 Å². The smallest absolute Gasteiger partial charge is 0.407 e. The number of imidazole rings is 1. The summed E-state index contributed by atoms with van der Waals surface area (Å²) in [6.45, 7) is 4.71. The van der Waals surface area contributed by atoms with Crippen LogP contribution < -0.4 is 0 Å². The molecule has 1 unspecified atom stereocenters. The van der Waals surface area contributed by atoms with E-state index in [1.807, 2.05) is 18.5 Å². The molecule has 4 rings (SSSR count). The third-order valence-electron chi connectivity index (χ3n) is 5.39. The van der Waals surface area contributed by atoms with Crippen molar-refractivity contribution in [2.75, 3.05) is 13.1 Å². The van der Waals surface area contributed by atoms with Crippen LogP contribution in [0.15, 0.2) is 17.6 Å². The number of aryl methyl sites for hydroxylation is 2. The quantitative estimate of drug-likeness (QED) is 0.621. The summed E-state index contributed by atoms with van der Waals surface area (Å²) in [7, 11) is -2.12. The van der Waals surface area contributed by atoms with E-state index in [9.17, 15) is 13.2 Å². The average molecular weight is 419 g/mol. The molecule has 1 aliphatic heterocycles. The minimum Gasteiger partial charge on any atom is -0.465 e. The predicted octanol–water partition coefficient (Wildman–Crippen LogP) is 1.08. The molecule has 1 aliphatic rings. The van der Waals surface area contributed by atoms with Crippen LogP contribution in [0.2, 0.25) is 0 Å². The minimum atomic E-state index is -3.88. The zero-order valence-corrected chi connectivity index (χ0v) is 17.1. The van der Waals surface area contributed by atoms with Crippen molar-refractivity contribution in [2.24, 2.45) is 7.05 Å². The van der Waals surface area contributed by atoms with Crippen LogP contribution >= 0.6 is 0 Å². The standard InChI is InChI=1S/C17H21N7O4S/c1-4-24-10(2)12(7-20-24)14-21-13-15(22(14)3)18-9-19-16(13)29(27,28)11-5-6-23(8-11)17(25)26/h7,9,11H,4-6,8H2,1-3H3,(H,25,26). The van der Waals surface area contributed by atoms with Crippen molar-refractivity contribution >= 4 is 27.1 Å². The molecule has 0 saturated carbocycles. The third kappa shape index (κ3) is 2.94. The van der Waals surface area contributed by atoms with Crippen molar-refractivity contribution < 1.29 is 18.3 Å². The van der Waals surface area contributed by atoms with Gasteiger partial charge >= 0.3 is 6.09 Å². The molecule has 0 aliphatic carbocycles. The highest BCUT2D eigenvalue weighted by molar-refractivity contribution is 7.92. The molecule has 0 spiro atoms. The molecule has 0 aromatic carbocycles. The fourth-order valence-electron chi connectivity index (χ4n) is 3.73. The summed E-state index contributed by atoms with van der Waals surface area (Å²) in [6, 6.07) is 0. The number of likely N-dealkylation sites (tertiary alicyclic amines) is 1. The van der Waals surface area contributed by atoms with Crippen LogP contribution in [-0.2, 0) is 23.4 Å². The summed E-state index contributed by atoms with van der Waals surface area (Å²) in [5.41, 5.74) is 2.28. The number of hydrogen-bond acceptors (Lipinski definition) is 7. The van der Waals surface area contributed by atoms with Crippen LogP contribution in [0.3, 0.4) is 0 Å². The monoisotopic (exact) mass is 419 g/mol. The highest BCUT2D eigenvalue weighted by atomic mass is 32.2. The van der Waals surface area contributed by atoms with E-state index >= 15 is 0 Å². The Bertz CT molecular complexity index is 1210. The van der Waals surface area contributed by atoms with Gasteiger partial charge in [-0.3, -0.25) is 4.68 Å². The van der Waals surface area contributed by atoms with Gasteiger partial charge in [0.15, 0.2) is 10.7 Å². The Morgan fingerprint density at radius 3 is 2.72 bits per heavy atom. The maximum atomic E-state index is 13.2. The first kappa shape index (κ1) is 19.3. The van der Waals surface area contributed by atoms with Gasteiger partial charge in [-0.25, -0.2) is 28.2 Å². The fourth-order valence-corrected chi connectivity index (χ4v) is 5.43. The first-order valence-corrected chi connectivity index (χ1v) is 10.7. The second-order valence-electron chi connectivity index (χ2n) is 6.99. The van der Waals surface area contributed by atoms with Gasteiger partial charge in [-0.15, -0.1) is 0 Å². The van der Waals surface area contributed by atoms with E-state index in [0.29, 0.717) is 18.0 Å². The van der Waals surface area contributed by atoms with E-state index in [1.165, 1.54) is 6.33 Å². The van der Waals surface area contributed by atoms with Crippen molar-refractivity contribution in [3.63, 3.8) is 0 Å². The van der Waals surface area contributed by atoms with E-state index in [2.05, 4.69) is 20.1 Å². The molecule has 154 valence electrons. The van der Waals surface area contributed by atoms with Gasteiger partial charge in [0.05, 0.1) is 17.0 Å². The van der Waals surface area contributed by atoms with Gasteiger partial charge in [0.2, 0.25) is 9.84 Å². The molecule has 1 amide bonds. The number of rotatable bonds is 4. The van der Waals surface area contributed by atoms with Gasteiger partial charge in [-0.1, -0.05) is 0 Å². The molecule has 4 heterocycles. The second kappa shape index (κ2) is 6.79. The number of aromatic nitrogens is 6. The molecule has 1 N–H and O–H groups in total. The zero-order valence-electron chi connectivity index (χ0n) is 16.3. The van der Waals surface area contributed by atoms with Crippen LogP contribution in [0, 0.1) is 6.92 Å². The molecule has 11 nitrogen and oxygen atoms in total. The normalized spacial score (nSPS) is 17.3. The maximum absolute atomic E-state index is 13.2. The van der Waals surface area contributed by atoms with Crippen LogP contribution in [0.25, 0.3) is 22.6 Å². The van der Waals surface area contributed by atoms with Crippen molar-refractivity contribution in [1.29, 1.82) is 0 Å². The van der Waals surface area contributed by atoms with Gasteiger partial charge in [-0.2, -0.15) is 5.10 Å². The van der Waals surface area contributed by atoms with Gasteiger partial charge in [0.25, 0.3) is 0 Å². The van der Waals surface area contributed by atoms with E-state index in [-0.39, 0.29) is 30.1 Å². The highest BCUT2D eigenvalue weighted by Gasteiger charge is 2.38. The first-order chi connectivity index (χ1) is 13.8. The van der Waals surface area contributed by atoms with Crippen molar-refractivity contribution in [2.45, 2.75) is 37.1 Å². The van der Waals surface area contributed by atoms with Crippen molar-refractivity contribution in [3.8, 4) is 11.4 Å². The summed E-state index contributed by atoms with van der Waals surface area (Å²) < 4.78 is 30.0. The highest BCUT2D eigenvalue weighted by Crippen LogP contribution is 2.30. The Kier molecular flexibility index (Phi) is 4.52. The molecule has 0 bridgehead atoms. The fraction of sp³-hybridized carbons (Fsp3) is 0.471. The van der Waals surface area contributed by atoms with Gasteiger partial charge in [-0.05, 0) is 20.3 Å². The van der Waals surface area contributed by atoms with Gasteiger partial charge < -0.3 is 14.6 Å². The van der Waals surface area contributed by atoms with Gasteiger partial charge in [0, 0.05) is 32.4 Å². The average Bonchev–Trinajstić information content (AvgIpc) is 3.39. The van der Waals surface area contributed by atoms with Crippen molar-refractivity contribution in [3.05, 3.63) is 18.2 Å². The van der Waals surface area contributed by atoms with E-state index in [0.717, 1.165) is 16.2 Å². The summed E-state index contributed by atoms with van der Waals surface area (Å²) in [6.07, 6.45) is 2.00. The summed E-state index contributed by atoms with van der Waals surface area (Å²) in [4.78, 5) is 25.1. The minimum absolute atomic E-state index is 0.0781. The van der Waals surface area contributed by atoms with Crippen LogP contribution in [-0.4, -0.2) is 72.2 Å². The lowest BCUT2D eigenvalue weighted by atomic mass is 10.2. The molecule has 1 atom stereocenters. The Labute approximate surface area is 166 Å². The predicted molar refractivity (Wildman–Crippen MR) is 103 cm³/mol. The second-order valence-corrected chi connectivity index (χ2v) is 9.13. The topological polar surface area (TPSA) is 136 Å². The molecular weight excluding hydrogens is 398 g/mol. The SMILES string of the molecule is CCn1ncc(-c2nc3c(S(=O)(=O)C4CCN(C(=O)O)C4)ncnc3n2C)c1C. The number of amides is 1. The van der Waals surface area contributed by atoms with E-state index in [4.69, 9.17) is 5.11 Å². The maximum Gasteiger partial charge on any atom is 0.407 e. The molecule has 12 heteroatoms. The van der Waals surface area contributed by atoms with Gasteiger partial charge in [0.1, 0.15) is 17.7 Å². The Morgan fingerprint density at radius 1 is 1.34 bits per heavy atom. The summed E-state index contributed by atoms with van der Waals surface area (Å²) in [5.74, 6) is 0.549. The number of sulfone groups is 1. The molecule has 1 fully saturated rings. The summed E-state index contributed by atoms with van der Waals surface area (Å²) >= 11 is 0. The van der Waals surface area contributed by atoms with Crippen molar-refractivity contribution in [1.82, 2.24) is 34.2 Å². The largest absolute Gasteiger partial charge is 0.465 e. The lowest BCUT2D eigenvalue weighted by molar-refractivity contribution is 0.156. The number of hydrogen-bond donors (Lipinski definition) is 1. The van der Waals surface area contributed by atoms with Crippen LogP contribution in [0.4, 0.5) is 4.79 Å². The third-order valence-corrected chi connectivity index (χ3v) is 7.49. The molecule has 0 radical (unpaired) electrons. The number of nitrogens with zero attached hydrogens (tertiary/aromatic N) is 7. The Hall–Kier alpha value is -3.02. The molecule has 3 aromatic heterocycles. The molecular formula is C17H21N7O4S. The molecule has 1 saturated heterocycles. The number of carboxylic acid groups (broad SMARTS) is 1. The zero-order chi connectivity index (χ0) is 20.9. The lowest BCUT2D eigenvalue weighted by Crippen LogP contribution is -2.31. The number of fused-ring (bicyclic) bond motifs is 1.